The zero-order valence-electron chi connectivity index (χ0n) is 20.0. The molecule has 1 amide bonds. The van der Waals surface area contributed by atoms with E-state index in [2.05, 4.69) is 9.84 Å². The fourth-order valence-corrected chi connectivity index (χ4v) is 4.99. The highest BCUT2D eigenvalue weighted by molar-refractivity contribution is 5.94. The molecule has 0 radical (unpaired) electrons. The quantitative estimate of drug-likeness (QED) is 0.469. The highest BCUT2D eigenvalue weighted by Gasteiger charge is 2.45. The van der Waals surface area contributed by atoms with Crippen LogP contribution in [0.15, 0.2) is 48.7 Å². The average molecular weight is 502 g/mol. The van der Waals surface area contributed by atoms with E-state index in [1.165, 1.54) is 0 Å². The van der Waals surface area contributed by atoms with Gasteiger partial charge < -0.3 is 14.4 Å². The van der Waals surface area contributed by atoms with Crippen molar-refractivity contribution in [1.82, 2.24) is 14.7 Å². The lowest BCUT2D eigenvalue weighted by Crippen LogP contribution is -2.49. The molecule has 10 heteroatoms. The summed E-state index contributed by atoms with van der Waals surface area (Å²) >= 11 is 0. The number of hydrogen-bond donors (Lipinski definition) is 0. The largest absolute Gasteiger partial charge is 0.522 e. The number of carbonyl (C=O) groups is 1. The van der Waals surface area contributed by atoms with E-state index in [4.69, 9.17) is 9.47 Å². The van der Waals surface area contributed by atoms with Gasteiger partial charge in [0.15, 0.2) is 0 Å². The van der Waals surface area contributed by atoms with Crippen molar-refractivity contribution in [2.45, 2.75) is 31.7 Å². The van der Waals surface area contributed by atoms with Crippen LogP contribution < -0.4 is 9.47 Å². The van der Waals surface area contributed by atoms with Crippen LogP contribution in [0.1, 0.15) is 34.3 Å². The van der Waals surface area contributed by atoms with Gasteiger partial charge >= 0.3 is 6.36 Å². The maximum atomic E-state index is 13.2. The van der Waals surface area contributed by atoms with Gasteiger partial charge in [-0.25, -0.2) is 0 Å². The molecule has 36 heavy (non-hydrogen) atoms. The number of benzene rings is 2. The van der Waals surface area contributed by atoms with Crippen molar-refractivity contribution >= 4 is 5.91 Å². The Hall–Kier alpha value is -3.53. The Morgan fingerprint density at radius 2 is 1.89 bits per heavy atom. The number of aryl methyl sites for hydroxylation is 2. The van der Waals surface area contributed by atoms with Crippen LogP contribution in [0.25, 0.3) is 11.3 Å². The number of alkyl halides is 3. The Kier molecular flexibility index (Phi) is 6.15. The second kappa shape index (κ2) is 9.16. The van der Waals surface area contributed by atoms with Gasteiger partial charge in [-0.15, -0.1) is 13.2 Å². The van der Waals surface area contributed by atoms with Crippen molar-refractivity contribution in [3.8, 4) is 22.8 Å². The number of carbonyl (C=O) groups excluding carboxylic acids is 1. The molecule has 190 valence electrons. The van der Waals surface area contributed by atoms with Crippen LogP contribution in [0.3, 0.4) is 0 Å². The number of likely N-dealkylation sites (tertiary alicyclic amines) is 1. The lowest BCUT2D eigenvalue weighted by Gasteiger charge is -2.44. The summed E-state index contributed by atoms with van der Waals surface area (Å²) in [5, 5.41) is 4.49. The number of hydrogen-bond acceptors (Lipinski definition) is 5. The third-order valence-electron chi connectivity index (χ3n) is 6.76. The molecule has 1 aromatic heterocycles. The first kappa shape index (κ1) is 24.2. The number of fused-ring (bicyclic) bond motifs is 4. The Labute approximate surface area is 206 Å². The van der Waals surface area contributed by atoms with Crippen molar-refractivity contribution in [3.05, 3.63) is 65.4 Å². The Morgan fingerprint density at radius 1 is 1.14 bits per heavy atom. The maximum absolute atomic E-state index is 13.2. The molecule has 2 aliphatic heterocycles. The van der Waals surface area contributed by atoms with Gasteiger partial charge in [0, 0.05) is 49.7 Å². The van der Waals surface area contributed by atoms with E-state index in [1.807, 2.05) is 42.2 Å². The average Bonchev–Trinajstić information content (AvgIpc) is 3.25. The Balaban J connectivity index is 1.25. The van der Waals surface area contributed by atoms with Crippen LogP contribution in [0.4, 0.5) is 13.2 Å². The summed E-state index contributed by atoms with van der Waals surface area (Å²) in [5.74, 6) is 1.12. The minimum Gasteiger partial charge on any atom is -0.491 e. The minimum absolute atomic E-state index is 0.109. The molecule has 3 aromatic rings. The van der Waals surface area contributed by atoms with Crippen molar-refractivity contribution in [1.29, 1.82) is 0 Å². The first-order valence-electron chi connectivity index (χ1n) is 11.7. The molecular formula is C26H26F3N3O4. The number of ether oxygens (including phenoxy) is 3. The number of halogens is 3. The number of nitrogens with zero attached hydrogens (tertiary/aromatic N) is 3. The summed E-state index contributed by atoms with van der Waals surface area (Å²) in [4.78, 5) is 15.0. The predicted molar refractivity (Wildman–Crippen MR) is 125 cm³/mol. The second-order valence-electron chi connectivity index (χ2n) is 9.04. The summed E-state index contributed by atoms with van der Waals surface area (Å²) in [6.07, 6.45) is -1.56. The van der Waals surface area contributed by atoms with Crippen LogP contribution in [-0.2, 0) is 17.4 Å². The van der Waals surface area contributed by atoms with Gasteiger partial charge in [0.05, 0.1) is 18.5 Å². The monoisotopic (exact) mass is 501 g/mol. The Morgan fingerprint density at radius 3 is 2.61 bits per heavy atom. The van der Waals surface area contributed by atoms with Crippen molar-refractivity contribution < 1.29 is 32.2 Å². The van der Waals surface area contributed by atoms with E-state index < -0.39 is 18.6 Å². The van der Waals surface area contributed by atoms with Crippen molar-refractivity contribution in [3.63, 3.8) is 0 Å². The third-order valence-corrected chi connectivity index (χ3v) is 6.76. The van der Waals surface area contributed by atoms with Crippen molar-refractivity contribution in [2.75, 3.05) is 26.3 Å². The van der Waals surface area contributed by atoms with Gasteiger partial charge in [-0.2, -0.15) is 5.10 Å². The van der Waals surface area contributed by atoms with Crippen LogP contribution in [-0.4, -0.2) is 53.3 Å². The molecular weight excluding hydrogens is 475 g/mol. The van der Waals surface area contributed by atoms with Gasteiger partial charge in [-0.05, 0) is 42.8 Å². The summed E-state index contributed by atoms with van der Waals surface area (Å²) in [6.45, 7) is 1.92. The lowest BCUT2D eigenvalue weighted by atomic mass is 9.81. The SMILES string of the molecule is Cc1cc(C(=O)N2CCC3(CC2)Oc2ccccc2-c2c3cnn2C)ccc1OCCOC(F)(F)F. The predicted octanol–water partition coefficient (Wildman–Crippen LogP) is 4.83. The topological polar surface area (TPSA) is 65.8 Å². The zero-order chi connectivity index (χ0) is 25.5. The maximum Gasteiger partial charge on any atom is 0.522 e. The fraction of sp³-hybridized carbons (Fsp3) is 0.385. The van der Waals surface area contributed by atoms with Crippen LogP contribution in [0.2, 0.25) is 0 Å². The van der Waals surface area contributed by atoms with Gasteiger partial charge in [-0.1, -0.05) is 12.1 Å². The highest BCUT2D eigenvalue weighted by Crippen LogP contribution is 2.49. The van der Waals surface area contributed by atoms with E-state index in [-0.39, 0.29) is 12.5 Å². The molecule has 5 rings (SSSR count). The molecule has 0 unspecified atom stereocenters. The molecule has 1 saturated heterocycles. The minimum atomic E-state index is -4.69. The molecule has 0 aliphatic carbocycles. The smallest absolute Gasteiger partial charge is 0.491 e. The number of aromatic nitrogens is 2. The van der Waals surface area contributed by atoms with Gasteiger partial charge in [0.2, 0.25) is 0 Å². The van der Waals surface area contributed by atoms with Crippen LogP contribution in [0.5, 0.6) is 11.5 Å². The van der Waals surface area contributed by atoms with Crippen LogP contribution in [0, 0.1) is 6.92 Å². The molecule has 1 fully saturated rings. The fourth-order valence-electron chi connectivity index (χ4n) is 4.99. The number of rotatable bonds is 5. The molecule has 0 saturated carbocycles. The number of amides is 1. The summed E-state index contributed by atoms with van der Waals surface area (Å²) in [6, 6.07) is 12.8. The Bertz CT molecular complexity index is 1280. The van der Waals surface area contributed by atoms with Gasteiger partial charge in [0.1, 0.15) is 23.7 Å². The lowest BCUT2D eigenvalue weighted by molar-refractivity contribution is -0.325. The molecule has 3 heterocycles. The van der Waals surface area contributed by atoms with Gasteiger partial charge in [-0.3, -0.25) is 14.2 Å². The van der Waals surface area contributed by atoms with Crippen LogP contribution >= 0.6 is 0 Å². The van der Waals surface area contributed by atoms with E-state index in [0.717, 1.165) is 22.6 Å². The van der Waals surface area contributed by atoms with Crippen molar-refractivity contribution in [2.24, 2.45) is 7.05 Å². The van der Waals surface area contributed by atoms with E-state index in [9.17, 15) is 18.0 Å². The first-order valence-corrected chi connectivity index (χ1v) is 11.7. The second-order valence-corrected chi connectivity index (χ2v) is 9.04. The van der Waals surface area contributed by atoms with E-state index in [0.29, 0.717) is 42.8 Å². The number of piperidine rings is 1. The molecule has 7 nitrogen and oxygen atoms in total. The van der Waals surface area contributed by atoms with E-state index in [1.54, 1.807) is 30.0 Å². The zero-order valence-corrected chi connectivity index (χ0v) is 20.0. The summed E-state index contributed by atoms with van der Waals surface area (Å²) in [5.41, 5.74) is 3.72. The summed E-state index contributed by atoms with van der Waals surface area (Å²) < 4.78 is 53.8. The standard InChI is InChI=1S/C26H26F3N3O4/c1-17-15-18(7-8-21(17)34-13-14-35-26(27,28)29)24(33)32-11-9-25(10-12-32)20-16-30-31(2)23(20)19-5-3-4-6-22(19)36-25/h3-8,15-16H,9-14H2,1-2H3. The first-order chi connectivity index (χ1) is 17.2. The highest BCUT2D eigenvalue weighted by atomic mass is 19.4. The molecule has 2 aliphatic rings. The third kappa shape index (κ3) is 4.53. The molecule has 1 spiro atoms. The molecule has 0 bridgehead atoms. The number of para-hydroxylation sites is 1. The normalized spacial score (nSPS) is 16.3. The molecule has 0 atom stereocenters. The van der Waals surface area contributed by atoms with Gasteiger partial charge in [0.25, 0.3) is 5.91 Å². The van der Waals surface area contributed by atoms with E-state index >= 15 is 0 Å². The summed E-state index contributed by atoms with van der Waals surface area (Å²) in [7, 11) is 1.92. The molecule has 2 aromatic carbocycles. The molecule has 0 N–H and O–H groups in total.